The van der Waals surface area contributed by atoms with Crippen LogP contribution in [-0.2, 0) is 4.84 Å². The van der Waals surface area contributed by atoms with Gasteiger partial charge < -0.3 is 4.84 Å². The molecule has 1 aromatic carbocycles. The van der Waals surface area contributed by atoms with E-state index in [1.807, 2.05) is 18.2 Å². The van der Waals surface area contributed by atoms with Gasteiger partial charge in [0.15, 0.2) is 0 Å². The Labute approximate surface area is 96.2 Å². The van der Waals surface area contributed by atoms with E-state index in [1.54, 1.807) is 20.1 Å². The Hall–Kier alpha value is -1.28. The molecule has 0 aromatic heterocycles. The quantitative estimate of drug-likeness (QED) is 0.422. The summed E-state index contributed by atoms with van der Waals surface area (Å²) in [4.78, 5) is 4.64. The Morgan fingerprint density at radius 1 is 1.33 bits per heavy atom. The van der Waals surface area contributed by atoms with Gasteiger partial charge in [-0.25, -0.2) is 0 Å². The molecule has 0 saturated carbocycles. The van der Waals surface area contributed by atoms with Crippen LogP contribution in [0.5, 0.6) is 0 Å². The third-order valence-electron chi connectivity index (χ3n) is 1.40. The van der Waals surface area contributed by atoms with E-state index in [9.17, 15) is 0 Å². The molecule has 0 saturated heterocycles. The molecule has 0 spiro atoms. The highest BCUT2D eigenvalue weighted by atomic mass is 35.5. The van der Waals surface area contributed by atoms with Crippen LogP contribution in [0.1, 0.15) is 19.4 Å². The van der Waals surface area contributed by atoms with E-state index < -0.39 is 0 Å². The van der Waals surface area contributed by atoms with Crippen molar-refractivity contribution in [1.29, 1.82) is 0 Å². The lowest BCUT2D eigenvalue weighted by molar-refractivity contribution is 0.232. The first-order valence-corrected chi connectivity index (χ1v) is 5.08. The fourth-order valence-electron chi connectivity index (χ4n) is 0.690. The molecule has 82 valence electrons. The lowest BCUT2D eigenvalue weighted by atomic mass is 10.2. The Kier molecular flexibility index (Phi) is 8.49. The minimum atomic E-state index is 0.588. The smallest absolute Gasteiger partial charge is 0.143 e. The summed E-state index contributed by atoms with van der Waals surface area (Å²) in [6.45, 7) is 5.57. The van der Waals surface area contributed by atoms with Crippen molar-refractivity contribution in [2.24, 2.45) is 5.16 Å². The molecule has 1 rings (SSSR count). The van der Waals surface area contributed by atoms with E-state index in [4.69, 9.17) is 11.6 Å². The van der Waals surface area contributed by atoms with Gasteiger partial charge in [-0.15, -0.1) is 0 Å². The molecule has 0 heterocycles. The Bertz CT molecular complexity index is 307. The van der Waals surface area contributed by atoms with Crippen LogP contribution < -0.4 is 0 Å². The van der Waals surface area contributed by atoms with Gasteiger partial charge in [-0.1, -0.05) is 52.7 Å². The molecular formula is C12H16ClNO. The fourth-order valence-corrected chi connectivity index (χ4v) is 0.730. The average molecular weight is 226 g/mol. The molecule has 0 aliphatic heterocycles. The average Bonchev–Trinajstić information content (AvgIpc) is 2.28. The second-order valence-corrected chi connectivity index (χ2v) is 3.05. The number of allylic oxidation sites excluding steroid dienone is 1. The molecule has 0 unspecified atom stereocenters. The first-order chi connectivity index (χ1) is 7.20. The normalized spacial score (nSPS) is 10.8. The summed E-state index contributed by atoms with van der Waals surface area (Å²) in [7, 11) is 0. The predicted molar refractivity (Wildman–Crippen MR) is 66.0 cm³/mol. The van der Waals surface area contributed by atoms with Gasteiger partial charge in [-0.2, -0.15) is 0 Å². The van der Waals surface area contributed by atoms with Crippen LogP contribution in [0.2, 0.25) is 0 Å². The minimum absolute atomic E-state index is 0.588. The summed E-state index contributed by atoms with van der Waals surface area (Å²) in [5.41, 5.74) is 2.65. The molecule has 0 aliphatic carbocycles. The van der Waals surface area contributed by atoms with Crippen LogP contribution in [-0.4, -0.2) is 6.21 Å². The molecule has 0 fully saturated rings. The van der Waals surface area contributed by atoms with Gasteiger partial charge >= 0.3 is 0 Å². The summed E-state index contributed by atoms with van der Waals surface area (Å²) >= 11 is 5.23. The Balaban J connectivity index is 0.000000262. The van der Waals surface area contributed by atoms with Crippen LogP contribution in [0.15, 0.2) is 46.8 Å². The third-order valence-corrected chi connectivity index (χ3v) is 1.70. The third kappa shape index (κ3) is 9.03. The second-order valence-electron chi connectivity index (χ2n) is 2.83. The number of aryl methyl sites for hydroxylation is 1. The summed E-state index contributed by atoms with van der Waals surface area (Å²) in [6.07, 6.45) is 1.55. The number of halogens is 1. The molecule has 0 N–H and O–H groups in total. The maximum Gasteiger partial charge on any atom is 0.143 e. The summed E-state index contributed by atoms with van der Waals surface area (Å²) in [5, 5.41) is 3.46. The molecule has 2 nitrogen and oxygen atoms in total. The SMILES string of the molecule is C/C=N\O/C(C)=C/Cl.Cc1ccccc1. The predicted octanol–water partition coefficient (Wildman–Crippen LogP) is 4.10. The number of rotatable bonds is 2. The van der Waals surface area contributed by atoms with Crippen molar-refractivity contribution in [2.45, 2.75) is 20.8 Å². The van der Waals surface area contributed by atoms with Crippen molar-refractivity contribution in [3.05, 3.63) is 47.2 Å². The largest absolute Gasteiger partial charge is 0.361 e. The van der Waals surface area contributed by atoms with E-state index >= 15 is 0 Å². The van der Waals surface area contributed by atoms with E-state index in [1.165, 1.54) is 11.1 Å². The molecule has 0 radical (unpaired) electrons. The van der Waals surface area contributed by atoms with Crippen molar-refractivity contribution in [1.82, 2.24) is 0 Å². The first-order valence-electron chi connectivity index (χ1n) is 4.64. The highest BCUT2D eigenvalue weighted by Gasteiger charge is 1.80. The maximum atomic E-state index is 5.23. The van der Waals surface area contributed by atoms with E-state index in [0.717, 1.165) is 0 Å². The number of oxime groups is 1. The molecule has 15 heavy (non-hydrogen) atoms. The zero-order chi connectivity index (χ0) is 11.5. The molecule has 0 amide bonds. The zero-order valence-electron chi connectivity index (χ0n) is 9.27. The number of hydrogen-bond acceptors (Lipinski definition) is 2. The second kappa shape index (κ2) is 9.28. The van der Waals surface area contributed by atoms with Crippen molar-refractivity contribution in [2.75, 3.05) is 0 Å². The van der Waals surface area contributed by atoms with Crippen LogP contribution in [0.3, 0.4) is 0 Å². The van der Waals surface area contributed by atoms with Crippen molar-refractivity contribution < 1.29 is 4.84 Å². The van der Waals surface area contributed by atoms with E-state index in [2.05, 4.69) is 29.0 Å². The minimum Gasteiger partial charge on any atom is -0.361 e. The van der Waals surface area contributed by atoms with Crippen molar-refractivity contribution >= 4 is 17.8 Å². The molecular weight excluding hydrogens is 210 g/mol. The number of hydrogen-bond donors (Lipinski definition) is 0. The van der Waals surface area contributed by atoms with E-state index in [0.29, 0.717) is 5.76 Å². The van der Waals surface area contributed by atoms with Crippen LogP contribution in [0.25, 0.3) is 0 Å². The lowest BCUT2D eigenvalue weighted by Gasteiger charge is -1.90. The molecule has 0 bridgehead atoms. The van der Waals surface area contributed by atoms with Gasteiger partial charge in [0.05, 0.1) is 0 Å². The standard InChI is InChI=1S/C7H8.C5H8ClNO/c1-7-5-3-2-4-6-7;1-3-7-8-5(2)4-6/h2-6H,1H3;3-4H,1-2H3/b;5-4+,7-3-. The van der Waals surface area contributed by atoms with Crippen molar-refractivity contribution in [3.63, 3.8) is 0 Å². The summed E-state index contributed by atoms with van der Waals surface area (Å²) in [5.74, 6) is 0.588. The number of nitrogens with zero attached hydrogens (tertiary/aromatic N) is 1. The van der Waals surface area contributed by atoms with Gasteiger partial charge in [0.25, 0.3) is 0 Å². The van der Waals surface area contributed by atoms with Gasteiger partial charge in [-0.05, 0) is 20.8 Å². The summed E-state index contributed by atoms with van der Waals surface area (Å²) < 4.78 is 0. The highest BCUT2D eigenvalue weighted by Crippen LogP contribution is 1.96. The lowest BCUT2D eigenvalue weighted by Crippen LogP contribution is -1.75. The number of benzene rings is 1. The highest BCUT2D eigenvalue weighted by molar-refractivity contribution is 6.25. The maximum absolute atomic E-state index is 5.23. The topological polar surface area (TPSA) is 21.6 Å². The molecule has 1 aromatic rings. The first kappa shape index (κ1) is 13.7. The van der Waals surface area contributed by atoms with Gasteiger partial charge in [0.2, 0.25) is 0 Å². The summed E-state index contributed by atoms with van der Waals surface area (Å²) in [6, 6.07) is 10.3. The molecule has 0 aliphatic rings. The molecule has 3 heteroatoms. The Morgan fingerprint density at radius 3 is 2.27 bits per heavy atom. The van der Waals surface area contributed by atoms with Crippen LogP contribution in [0.4, 0.5) is 0 Å². The van der Waals surface area contributed by atoms with Crippen LogP contribution in [0, 0.1) is 6.92 Å². The van der Waals surface area contributed by atoms with Crippen molar-refractivity contribution in [3.8, 4) is 0 Å². The Morgan fingerprint density at radius 2 is 1.93 bits per heavy atom. The fraction of sp³-hybridized carbons (Fsp3) is 0.250. The zero-order valence-corrected chi connectivity index (χ0v) is 10.0. The van der Waals surface area contributed by atoms with Crippen LogP contribution >= 0.6 is 11.6 Å². The monoisotopic (exact) mass is 225 g/mol. The van der Waals surface area contributed by atoms with Gasteiger partial charge in [-0.3, -0.25) is 0 Å². The molecule has 0 atom stereocenters. The van der Waals surface area contributed by atoms with Gasteiger partial charge in [0.1, 0.15) is 5.76 Å². The van der Waals surface area contributed by atoms with Gasteiger partial charge in [0, 0.05) is 11.7 Å². The van der Waals surface area contributed by atoms with E-state index in [-0.39, 0.29) is 0 Å².